The molecule has 0 N–H and O–H groups in total. The Kier molecular flexibility index (Phi) is 17.3. The summed E-state index contributed by atoms with van der Waals surface area (Å²) in [6.07, 6.45) is 0. The maximum absolute atomic E-state index is 2.59. The minimum absolute atomic E-state index is 0.0284. The second-order valence-corrected chi connectivity index (χ2v) is 41.3. The molecule has 0 bridgehead atoms. The third kappa shape index (κ3) is 11.2. The molecule has 0 spiro atoms. The first-order valence-corrected chi connectivity index (χ1v) is 46.1. The molecule has 6 nitrogen and oxygen atoms in total. The molecular formula is C120H108B2N6. The van der Waals surface area contributed by atoms with Gasteiger partial charge < -0.3 is 27.4 Å². The van der Waals surface area contributed by atoms with Crippen LogP contribution in [0.2, 0.25) is 0 Å². The second-order valence-electron chi connectivity index (χ2n) is 41.3. The van der Waals surface area contributed by atoms with Crippen LogP contribution >= 0.6 is 0 Å². The molecule has 2 aliphatic rings. The number of para-hydroxylation sites is 8. The van der Waals surface area contributed by atoms with Crippen molar-refractivity contribution in [2.45, 2.75) is 160 Å². The quantitative estimate of drug-likeness (QED) is 0.149. The molecule has 2 aliphatic heterocycles. The van der Waals surface area contributed by atoms with Crippen molar-refractivity contribution in [2.75, 3.05) is 0 Å². The number of aromatic nitrogens is 6. The van der Waals surface area contributed by atoms with Gasteiger partial charge in [-0.15, -0.1) is 0 Å². The standard InChI is InChI=1S/2C60H54BN3/c1-35-37(3)57(63-48-23-15-11-19-41(48)42-20-12-16-24-49(42)63)38(4)36(2)56(35)61-46-22-14-18-26-53(46)64-50-25-17-13-21-43(50)55-54(32-29-47(61)58(55)64)62-51-30-27-39(59(5,6)7)33-44(51)45-34-40(60(8,9)10)28-31-52(45)62;1-35-37(3)57(63-51-30-27-39(59(5,6)7)33-44(51)45-34-40(60(8,9)10)28-31-52(45)63)38(4)36(2)56(35)61-46-22-14-18-26-53(46)64-50-25-17-13-21-43(50)55-54(32-29-47(61)58(55)64)62-48-23-15-11-19-41(48)42-20-12-16-24-49(42)62/h2*11-34H,1-10H3. The summed E-state index contributed by atoms with van der Waals surface area (Å²) in [6, 6.07) is 111. The summed E-state index contributed by atoms with van der Waals surface area (Å²) in [5.74, 6) is 0. The molecule has 0 unspecified atom stereocenters. The largest absolute Gasteiger partial charge is 0.310 e. The van der Waals surface area contributed by atoms with Crippen molar-refractivity contribution in [3.8, 4) is 34.1 Å². The molecule has 22 aromatic rings. The third-order valence-corrected chi connectivity index (χ3v) is 30.2. The Morgan fingerprint density at radius 1 is 0.188 bits per heavy atom. The fourth-order valence-corrected chi connectivity index (χ4v) is 23.3. The van der Waals surface area contributed by atoms with Gasteiger partial charge in [0.15, 0.2) is 0 Å². The lowest BCUT2D eigenvalue weighted by Crippen LogP contribution is -2.58. The number of hydrogen-bond acceptors (Lipinski definition) is 0. The Morgan fingerprint density at radius 3 is 0.711 bits per heavy atom. The molecule has 0 aliphatic carbocycles. The first-order valence-electron chi connectivity index (χ1n) is 46.1. The Balaban J connectivity index is 0.000000146. The summed E-state index contributed by atoms with van der Waals surface area (Å²) in [4.78, 5) is 0. The number of hydrogen-bond donors (Lipinski definition) is 0. The van der Waals surface area contributed by atoms with E-state index < -0.39 is 0 Å². The lowest BCUT2D eigenvalue weighted by atomic mass is 9.34. The highest BCUT2D eigenvalue weighted by Gasteiger charge is 2.41. The summed E-state index contributed by atoms with van der Waals surface area (Å²) < 4.78 is 15.3. The van der Waals surface area contributed by atoms with Gasteiger partial charge in [-0.05, 0) is 253 Å². The van der Waals surface area contributed by atoms with E-state index in [1.54, 1.807) is 0 Å². The van der Waals surface area contributed by atoms with E-state index in [1.807, 2.05) is 0 Å². The van der Waals surface area contributed by atoms with Crippen molar-refractivity contribution in [2.24, 2.45) is 0 Å². The van der Waals surface area contributed by atoms with Crippen LogP contribution in [-0.4, -0.2) is 40.8 Å². The molecule has 0 saturated carbocycles. The molecule has 0 amide bonds. The Hall–Kier alpha value is -13.6. The van der Waals surface area contributed by atoms with E-state index in [0.29, 0.717) is 0 Å². The van der Waals surface area contributed by atoms with E-state index in [-0.39, 0.29) is 35.1 Å². The Bertz CT molecular complexity index is 8290. The first-order chi connectivity index (χ1) is 61.5. The number of benzene rings is 16. The zero-order chi connectivity index (χ0) is 88.3. The Morgan fingerprint density at radius 2 is 0.422 bits per heavy atom. The van der Waals surface area contributed by atoms with Crippen LogP contribution in [0.3, 0.4) is 0 Å². The number of rotatable bonds is 6. The van der Waals surface area contributed by atoms with Crippen molar-refractivity contribution in [1.82, 2.24) is 27.4 Å². The highest BCUT2D eigenvalue weighted by molar-refractivity contribution is 6.99. The van der Waals surface area contributed by atoms with Crippen molar-refractivity contribution in [3.05, 3.63) is 358 Å². The zero-order valence-corrected chi connectivity index (χ0v) is 77.6. The summed E-state index contributed by atoms with van der Waals surface area (Å²) >= 11 is 0. The van der Waals surface area contributed by atoms with Crippen LogP contribution in [0.15, 0.2) is 291 Å². The van der Waals surface area contributed by atoms with Crippen LogP contribution in [0.1, 0.15) is 150 Å². The van der Waals surface area contributed by atoms with Gasteiger partial charge in [0.05, 0.1) is 88.9 Å². The Labute approximate surface area is 751 Å². The molecule has 0 saturated heterocycles. The summed E-state index contributed by atoms with van der Waals surface area (Å²) in [5, 5.41) is 15.6. The van der Waals surface area contributed by atoms with Gasteiger partial charge in [-0.1, -0.05) is 298 Å². The number of fused-ring (bicyclic) bond motifs is 22. The summed E-state index contributed by atoms with van der Waals surface area (Å²) in [5.41, 5.74) is 47.2. The van der Waals surface area contributed by atoms with Crippen LogP contribution in [0, 0.1) is 55.4 Å². The fourth-order valence-electron chi connectivity index (χ4n) is 23.3. The normalized spacial score (nSPS) is 13.1. The van der Waals surface area contributed by atoms with E-state index in [0.717, 1.165) is 0 Å². The van der Waals surface area contributed by atoms with E-state index in [1.165, 1.54) is 264 Å². The predicted molar refractivity (Wildman–Crippen MR) is 554 cm³/mol. The van der Waals surface area contributed by atoms with E-state index in [2.05, 4.69) is 457 Å². The van der Waals surface area contributed by atoms with Gasteiger partial charge in [-0.2, -0.15) is 0 Å². The highest BCUT2D eigenvalue weighted by atomic mass is 15.1. The maximum atomic E-state index is 2.59. The average molecular weight is 1660 g/mol. The molecule has 624 valence electrons. The van der Waals surface area contributed by atoms with Crippen LogP contribution in [0.25, 0.3) is 165 Å². The lowest BCUT2D eigenvalue weighted by Gasteiger charge is -2.31. The van der Waals surface area contributed by atoms with Gasteiger partial charge in [0.2, 0.25) is 13.4 Å². The second kappa shape index (κ2) is 28.0. The van der Waals surface area contributed by atoms with E-state index in [9.17, 15) is 0 Å². The van der Waals surface area contributed by atoms with Gasteiger partial charge in [-0.25, -0.2) is 0 Å². The number of nitrogens with zero attached hydrogens (tertiary/aromatic N) is 6. The van der Waals surface area contributed by atoms with Crippen LogP contribution in [-0.2, 0) is 21.7 Å². The SMILES string of the molecule is Cc1c(C)c(-n2c3ccc(C(C)(C)C)cc3c3cc(C(C)(C)C)ccc32)c(C)c(C)c1B1c2ccccc2-n2c3ccccc3c3c(-n4c5ccccc5c5ccccc54)ccc1c32.Cc1c(C)c(-n2c3ccccc3c3ccccc32)c(C)c(C)c1B1c2ccccc2-n2c3ccccc3c3c(-n4c5ccc(C(C)(C)C)cc5c5cc(C(C)(C)C)ccc54)ccc1c32. The lowest BCUT2D eigenvalue weighted by molar-refractivity contribution is 0.590. The molecule has 16 aromatic carbocycles. The van der Waals surface area contributed by atoms with Crippen LogP contribution in [0.4, 0.5) is 0 Å². The summed E-state index contributed by atoms with van der Waals surface area (Å²) in [7, 11) is 0. The molecule has 0 atom stereocenters. The van der Waals surface area contributed by atoms with Gasteiger partial charge in [0, 0.05) is 76.0 Å². The van der Waals surface area contributed by atoms with Gasteiger partial charge in [-0.3, -0.25) is 0 Å². The monoisotopic (exact) mass is 1650 g/mol. The minimum Gasteiger partial charge on any atom is -0.310 e. The molecular weight excluding hydrogens is 1550 g/mol. The molecule has 0 radical (unpaired) electrons. The van der Waals surface area contributed by atoms with Crippen molar-refractivity contribution in [1.29, 1.82) is 0 Å². The van der Waals surface area contributed by atoms with Crippen LogP contribution < -0.4 is 32.8 Å². The van der Waals surface area contributed by atoms with E-state index >= 15 is 0 Å². The van der Waals surface area contributed by atoms with Gasteiger partial charge >= 0.3 is 0 Å². The molecule has 24 rings (SSSR count). The smallest absolute Gasteiger partial charge is 0.247 e. The highest BCUT2D eigenvalue weighted by Crippen LogP contribution is 2.48. The molecule has 128 heavy (non-hydrogen) atoms. The van der Waals surface area contributed by atoms with Crippen LogP contribution in [0.5, 0.6) is 0 Å². The average Bonchev–Trinajstić information content (AvgIpc) is 1.51. The first kappa shape index (κ1) is 79.1. The zero-order valence-electron chi connectivity index (χ0n) is 77.6. The summed E-state index contributed by atoms with van der Waals surface area (Å²) in [6.45, 7) is 46.9. The topological polar surface area (TPSA) is 29.6 Å². The van der Waals surface area contributed by atoms with Crippen molar-refractivity contribution >= 4 is 177 Å². The molecule has 8 heteroatoms. The fraction of sp³-hybridized carbons (Fsp3) is 0.200. The van der Waals surface area contributed by atoms with Gasteiger partial charge in [0.25, 0.3) is 0 Å². The van der Waals surface area contributed by atoms with Gasteiger partial charge in [0.1, 0.15) is 0 Å². The van der Waals surface area contributed by atoms with Crippen molar-refractivity contribution < 1.29 is 0 Å². The minimum atomic E-state index is 0.0284. The third-order valence-electron chi connectivity index (χ3n) is 30.2. The predicted octanol–water partition coefficient (Wildman–Crippen LogP) is 27.3. The molecule has 6 aromatic heterocycles. The van der Waals surface area contributed by atoms with E-state index in [4.69, 9.17) is 0 Å². The molecule has 8 heterocycles. The molecule has 0 fully saturated rings. The maximum Gasteiger partial charge on any atom is 0.247 e. The van der Waals surface area contributed by atoms with Crippen molar-refractivity contribution in [3.63, 3.8) is 0 Å².